The topological polar surface area (TPSA) is 12.0 Å². The molecule has 1 nitrogen and oxygen atoms in total. The Morgan fingerprint density at radius 3 is 2.60 bits per heavy atom. The third kappa shape index (κ3) is 2.32. The van der Waals surface area contributed by atoms with E-state index in [1.807, 2.05) is 12.1 Å². The van der Waals surface area contributed by atoms with Gasteiger partial charge in [0.25, 0.3) is 0 Å². The number of nitrogens with one attached hydrogen (secondary N) is 1. The Hall–Kier alpha value is -0.600. The Morgan fingerprint density at radius 1 is 1.40 bits per heavy atom. The number of hydrogen-bond acceptors (Lipinski definition) is 1. The van der Waals surface area contributed by atoms with Gasteiger partial charge in [0, 0.05) is 18.5 Å². The smallest absolute Gasteiger partial charge is 0.115 e. The number of benzene rings is 1. The maximum Gasteiger partial charge on any atom is 0.115 e. The summed E-state index contributed by atoms with van der Waals surface area (Å²) in [5, 5.41) is 3.26. The summed E-state index contributed by atoms with van der Waals surface area (Å²) in [6, 6.07) is 8.19. The molecule has 0 radical (unpaired) electrons. The molecule has 2 unspecified atom stereocenters. The van der Waals surface area contributed by atoms with Crippen molar-refractivity contribution < 1.29 is 4.39 Å². The average Bonchev–Trinajstić information content (AvgIpc) is 2.48. The van der Waals surface area contributed by atoms with Gasteiger partial charge in [0.1, 0.15) is 6.17 Å². The molecule has 0 spiro atoms. The first-order valence-electron chi connectivity index (χ1n) is 5.07. The van der Waals surface area contributed by atoms with Crippen LogP contribution < -0.4 is 5.32 Å². The van der Waals surface area contributed by atoms with E-state index in [0.29, 0.717) is 13.0 Å². The van der Waals surface area contributed by atoms with E-state index >= 15 is 0 Å². The molecule has 2 rings (SSSR count). The van der Waals surface area contributed by atoms with Crippen molar-refractivity contribution in [3.63, 3.8) is 0 Å². The Morgan fingerprint density at radius 2 is 2.07 bits per heavy atom. The van der Waals surface area contributed by atoms with Crippen molar-refractivity contribution in [2.75, 3.05) is 6.54 Å². The highest BCUT2D eigenvalue weighted by molar-refractivity contribution is 5.85. The Bertz CT molecular complexity index is 342. The summed E-state index contributed by atoms with van der Waals surface area (Å²) < 4.78 is 13.2. The molecule has 1 fully saturated rings. The minimum Gasteiger partial charge on any atom is -0.305 e. The van der Waals surface area contributed by atoms with Crippen molar-refractivity contribution in [2.45, 2.75) is 32.0 Å². The highest BCUT2D eigenvalue weighted by Crippen LogP contribution is 2.33. The number of alkyl halides is 1. The molecule has 0 aliphatic carbocycles. The molecule has 1 heterocycles. The molecular formula is C12H17ClFN. The lowest BCUT2D eigenvalue weighted by Crippen LogP contribution is -2.33. The van der Waals surface area contributed by atoms with Crippen LogP contribution in [0, 0.1) is 6.92 Å². The Balaban J connectivity index is 0.00000112. The fraction of sp³-hybridized carbons (Fsp3) is 0.500. The van der Waals surface area contributed by atoms with Crippen LogP contribution in [-0.2, 0) is 5.54 Å². The lowest BCUT2D eigenvalue weighted by Gasteiger charge is -2.26. The van der Waals surface area contributed by atoms with E-state index < -0.39 is 6.17 Å². The summed E-state index contributed by atoms with van der Waals surface area (Å²) in [7, 11) is 0. The van der Waals surface area contributed by atoms with Crippen LogP contribution in [0.5, 0.6) is 0 Å². The monoisotopic (exact) mass is 229 g/mol. The molecule has 1 aliphatic heterocycles. The molecule has 1 N–H and O–H groups in total. The van der Waals surface area contributed by atoms with E-state index in [1.165, 1.54) is 11.1 Å². The minimum absolute atomic E-state index is 0. The van der Waals surface area contributed by atoms with Gasteiger partial charge in [-0.15, -0.1) is 12.4 Å². The van der Waals surface area contributed by atoms with Crippen molar-refractivity contribution in [1.82, 2.24) is 5.32 Å². The summed E-state index contributed by atoms with van der Waals surface area (Å²) in [6.07, 6.45) is -0.127. The molecule has 3 heteroatoms. The largest absolute Gasteiger partial charge is 0.305 e. The standard InChI is InChI=1S/C12H16FN.ClH/c1-9-5-3-4-6-11(9)12(2)7-10(13)8-14-12;/h3-6,10,14H,7-8H2,1-2H3;1H. The lowest BCUT2D eigenvalue weighted by atomic mass is 9.87. The summed E-state index contributed by atoms with van der Waals surface area (Å²) >= 11 is 0. The molecule has 0 amide bonds. The van der Waals surface area contributed by atoms with Gasteiger partial charge in [0.05, 0.1) is 0 Å². The van der Waals surface area contributed by atoms with Crippen LogP contribution in [-0.4, -0.2) is 12.7 Å². The van der Waals surface area contributed by atoms with Gasteiger partial charge in [-0.1, -0.05) is 24.3 Å². The van der Waals surface area contributed by atoms with Crippen LogP contribution in [0.2, 0.25) is 0 Å². The molecule has 1 saturated heterocycles. The lowest BCUT2D eigenvalue weighted by molar-refractivity contribution is 0.333. The van der Waals surface area contributed by atoms with Gasteiger partial charge in [-0.2, -0.15) is 0 Å². The number of halogens is 2. The molecule has 1 aromatic carbocycles. The second-order valence-electron chi connectivity index (χ2n) is 4.33. The van der Waals surface area contributed by atoms with Gasteiger partial charge >= 0.3 is 0 Å². The average molecular weight is 230 g/mol. The van der Waals surface area contributed by atoms with Gasteiger partial charge in [-0.3, -0.25) is 0 Å². The summed E-state index contributed by atoms with van der Waals surface area (Å²) in [6.45, 7) is 4.63. The van der Waals surface area contributed by atoms with Crippen molar-refractivity contribution >= 4 is 12.4 Å². The second kappa shape index (κ2) is 4.50. The SMILES string of the molecule is Cc1ccccc1C1(C)CC(F)CN1.Cl. The zero-order valence-electron chi connectivity index (χ0n) is 9.09. The van der Waals surface area contributed by atoms with Crippen molar-refractivity contribution in [2.24, 2.45) is 0 Å². The molecule has 0 bridgehead atoms. The molecular weight excluding hydrogens is 213 g/mol. The van der Waals surface area contributed by atoms with E-state index in [-0.39, 0.29) is 17.9 Å². The van der Waals surface area contributed by atoms with Crippen LogP contribution in [0.3, 0.4) is 0 Å². The quantitative estimate of drug-likeness (QED) is 0.781. The highest BCUT2D eigenvalue weighted by Gasteiger charge is 2.36. The highest BCUT2D eigenvalue weighted by atomic mass is 35.5. The third-order valence-electron chi connectivity index (χ3n) is 3.08. The fourth-order valence-electron chi connectivity index (χ4n) is 2.32. The third-order valence-corrected chi connectivity index (χ3v) is 3.08. The number of hydrogen-bond donors (Lipinski definition) is 1. The Kier molecular flexibility index (Phi) is 3.74. The van der Waals surface area contributed by atoms with E-state index in [4.69, 9.17) is 0 Å². The summed E-state index contributed by atoms with van der Waals surface area (Å²) in [5.74, 6) is 0. The molecule has 15 heavy (non-hydrogen) atoms. The maximum atomic E-state index is 13.2. The second-order valence-corrected chi connectivity index (χ2v) is 4.33. The van der Waals surface area contributed by atoms with Crippen LogP contribution in [0.25, 0.3) is 0 Å². The van der Waals surface area contributed by atoms with Crippen LogP contribution in [0.15, 0.2) is 24.3 Å². The minimum atomic E-state index is -0.709. The molecule has 0 aromatic heterocycles. The first-order chi connectivity index (χ1) is 6.62. The normalized spacial score (nSPS) is 29.9. The first-order valence-corrected chi connectivity index (χ1v) is 5.07. The molecule has 0 saturated carbocycles. The molecule has 1 aliphatic rings. The van der Waals surface area contributed by atoms with Crippen molar-refractivity contribution in [3.05, 3.63) is 35.4 Å². The van der Waals surface area contributed by atoms with Crippen LogP contribution >= 0.6 is 12.4 Å². The predicted molar refractivity (Wildman–Crippen MR) is 63.3 cm³/mol. The van der Waals surface area contributed by atoms with E-state index in [2.05, 4.69) is 31.3 Å². The van der Waals surface area contributed by atoms with Gasteiger partial charge < -0.3 is 5.32 Å². The van der Waals surface area contributed by atoms with Gasteiger partial charge in [0.2, 0.25) is 0 Å². The van der Waals surface area contributed by atoms with Crippen molar-refractivity contribution in [1.29, 1.82) is 0 Å². The fourth-order valence-corrected chi connectivity index (χ4v) is 2.32. The van der Waals surface area contributed by atoms with Crippen LogP contribution in [0.4, 0.5) is 4.39 Å². The van der Waals surface area contributed by atoms with E-state index in [1.54, 1.807) is 0 Å². The van der Waals surface area contributed by atoms with Crippen LogP contribution in [0.1, 0.15) is 24.5 Å². The number of rotatable bonds is 1. The molecule has 2 atom stereocenters. The summed E-state index contributed by atoms with van der Waals surface area (Å²) in [4.78, 5) is 0. The summed E-state index contributed by atoms with van der Waals surface area (Å²) in [5.41, 5.74) is 2.28. The van der Waals surface area contributed by atoms with Gasteiger partial charge in [-0.05, 0) is 25.0 Å². The van der Waals surface area contributed by atoms with E-state index in [0.717, 1.165) is 0 Å². The van der Waals surface area contributed by atoms with E-state index in [9.17, 15) is 4.39 Å². The predicted octanol–water partition coefficient (Wildman–Crippen LogP) is 2.96. The zero-order chi connectivity index (χ0) is 10.2. The number of aryl methyl sites for hydroxylation is 1. The maximum absolute atomic E-state index is 13.2. The molecule has 84 valence electrons. The Labute approximate surface area is 96.5 Å². The first kappa shape index (κ1) is 12.5. The van der Waals surface area contributed by atoms with Crippen molar-refractivity contribution in [3.8, 4) is 0 Å². The van der Waals surface area contributed by atoms with Gasteiger partial charge in [0.15, 0.2) is 0 Å². The van der Waals surface area contributed by atoms with Gasteiger partial charge in [-0.25, -0.2) is 4.39 Å². The molecule has 1 aromatic rings. The zero-order valence-corrected chi connectivity index (χ0v) is 9.90.